The van der Waals surface area contributed by atoms with Crippen LogP contribution in [-0.4, -0.2) is 11.5 Å². The molecular formula is C16H14N4. The zero-order valence-corrected chi connectivity index (χ0v) is 11.2. The van der Waals surface area contributed by atoms with Crippen LogP contribution in [0.2, 0.25) is 0 Å². The van der Waals surface area contributed by atoms with Gasteiger partial charge in [-0.2, -0.15) is 10.5 Å². The molecule has 4 heteroatoms. The molecule has 0 saturated carbocycles. The molecule has 0 bridgehead atoms. The fourth-order valence-corrected chi connectivity index (χ4v) is 1.84. The van der Waals surface area contributed by atoms with Crippen LogP contribution >= 0.6 is 0 Å². The standard InChI is InChI=1S/C16H14N4/c1-2-8-19-16-14(11-18)6-7-15(20-16)13-5-3-4-12(9-13)10-17/h3-7,9H,2,8H2,1H3,(H,19,20). The van der Waals surface area contributed by atoms with Gasteiger partial charge in [0, 0.05) is 12.1 Å². The molecule has 0 radical (unpaired) electrons. The maximum absolute atomic E-state index is 9.09. The maximum Gasteiger partial charge on any atom is 0.144 e. The molecule has 0 unspecified atom stereocenters. The Morgan fingerprint density at radius 1 is 1.15 bits per heavy atom. The van der Waals surface area contributed by atoms with Crippen LogP contribution in [0, 0.1) is 22.7 Å². The second-order valence-electron chi connectivity index (χ2n) is 4.32. The first-order valence-corrected chi connectivity index (χ1v) is 6.44. The van der Waals surface area contributed by atoms with E-state index in [1.807, 2.05) is 12.1 Å². The van der Waals surface area contributed by atoms with Crippen LogP contribution in [0.1, 0.15) is 24.5 Å². The first-order valence-electron chi connectivity index (χ1n) is 6.44. The van der Waals surface area contributed by atoms with E-state index in [4.69, 9.17) is 10.5 Å². The minimum absolute atomic E-state index is 0.527. The quantitative estimate of drug-likeness (QED) is 0.917. The highest BCUT2D eigenvalue weighted by Crippen LogP contribution is 2.22. The summed E-state index contributed by atoms with van der Waals surface area (Å²) in [6, 6.07) is 15.1. The predicted octanol–water partition coefficient (Wildman–Crippen LogP) is 3.31. The zero-order chi connectivity index (χ0) is 14.4. The maximum atomic E-state index is 9.09. The number of pyridine rings is 1. The van der Waals surface area contributed by atoms with Crippen molar-refractivity contribution in [1.82, 2.24) is 4.98 Å². The van der Waals surface area contributed by atoms with Crippen LogP contribution in [0.15, 0.2) is 36.4 Å². The van der Waals surface area contributed by atoms with Crippen molar-refractivity contribution in [2.24, 2.45) is 0 Å². The molecular weight excluding hydrogens is 248 g/mol. The van der Waals surface area contributed by atoms with Crippen molar-refractivity contribution >= 4 is 5.82 Å². The van der Waals surface area contributed by atoms with Gasteiger partial charge >= 0.3 is 0 Å². The molecule has 1 N–H and O–H groups in total. The Labute approximate surface area is 118 Å². The molecule has 1 heterocycles. The molecule has 1 aromatic heterocycles. The zero-order valence-electron chi connectivity index (χ0n) is 11.2. The number of rotatable bonds is 4. The van der Waals surface area contributed by atoms with Gasteiger partial charge in [-0.15, -0.1) is 0 Å². The van der Waals surface area contributed by atoms with Gasteiger partial charge in [-0.1, -0.05) is 19.1 Å². The lowest BCUT2D eigenvalue weighted by Gasteiger charge is -2.08. The van der Waals surface area contributed by atoms with Gasteiger partial charge in [0.1, 0.15) is 11.9 Å². The monoisotopic (exact) mass is 262 g/mol. The van der Waals surface area contributed by atoms with E-state index in [-0.39, 0.29) is 0 Å². The number of benzene rings is 1. The predicted molar refractivity (Wildman–Crippen MR) is 77.9 cm³/mol. The van der Waals surface area contributed by atoms with Crippen LogP contribution in [0.3, 0.4) is 0 Å². The van der Waals surface area contributed by atoms with E-state index in [1.54, 1.807) is 24.3 Å². The van der Waals surface area contributed by atoms with Crippen LogP contribution < -0.4 is 5.32 Å². The minimum Gasteiger partial charge on any atom is -0.369 e. The molecule has 2 rings (SSSR count). The number of nitrogens with one attached hydrogen (secondary N) is 1. The molecule has 0 aliphatic carbocycles. The SMILES string of the molecule is CCCNc1nc(-c2cccc(C#N)c2)ccc1C#N. The van der Waals surface area contributed by atoms with Gasteiger partial charge in [-0.3, -0.25) is 0 Å². The Morgan fingerprint density at radius 3 is 2.70 bits per heavy atom. The number of aromatic nitrogens is 1. The van der Waals surface area contributed by atoms with Crippen LogP contribution in [0.4, 0.5) is 5.82 Å². The van der Waals surface area contributed by atoms with E-state index >= 15 is 0 Å². The van der Waals surface area contributed by atoms with Gasteiger partial charge in [0.25, 0.3) is 0 Å². The highest BCUT2D eigenvalue weighted by atomic mass is 15.0. The highest BCUT2D eigenvalue weighted by Gasteiger charge is 2.07. The highest BCUT2D eigenvalue weighted by molar-refractivity contribution is 5.66. The number of hydrogen-bond acceptors (Lipinski definition) is 4. The van der Waals surface area contributed by atoms with E-state index in [0.29, 0.717) is 16.9 Å². The van der Waals surface area contributed by atoms with Crippen molar-refractivity contribution in [3.63, 3.8) is 0 Å². The largest absolute Gasteiger partial charge is 0.369 e. The van der Waals surface area contributed by atoms with Crippen molar-refractivity contribution in [3.8, 4) is 23.4 Å². The van der Waals surface area contributed by atoms with Gasteiger partial charge in [0.05, 0.1) is 22.9 Å². The average molecular weight is 262 g/mol. The van der Waals surface area contributed by atoms with Gasteiger partial charge in [-0.25, -0.2) is 4.98 Å². The molecule has 98 valence electrons. The molecule has 0 aliphatic rings. The van der Waals surface area contributed by atoms with E-state index < -0.39 is 0 Å². The summed E-state index contributed by atoms with van der Waals surface area (Å²) in [5.74, 6) is 0.592. The summed E-state index contributed by atoms with van der Waals surface area (Å²) < 4.78 is 0. The molecule has 0 aliphatic heterocycles. The van der Waals surface area contributed by atoms with Crippen molar-refractivity contribution in [3.05, 3.63) is 47.5 Å². The summed E-state index contributed by atoms with van der Waals surface area (Å²) in [4.78, 5) is 4.48. The Kier molecular flexibility index (Phi) is 4.32. The van der Waals surface area contributed by atoms with Crippen molar-refractivity contribution in [2.45, 2.75) is 13.3 Å². The van der Waals surface area contributed by atoms with Crippen molar-refractivity contribution < 1.29 is 0 Å². The average Bonchev–Trinajstić information content (AvgIpc) is 2.52. The number of nitrogens with zero attached hydrogens (tertiary/aromatic N) is 3. The number of nitriles is 2. The number of hydrogen-bond donors (Lipinski definition) is 1. The third-order valence-electron chi connectivity index (χ3n) is 2.85. The van der Waals surface area contributed by atoms with E-state index in [1.165, 1.54) is 0 Å². The molecule has 0 fully saturated rings. The third kappa shape index (κ3) is 2.93. The van der Waals surface area contributed by atoms with Crippen molar-refractivity contribution in [1.29, 1.82) is 10.5 Å². The fourth-order valence-electron chi connectivity index (χ4n) is 1.84. The molecule has 2 aromatic rings. The molecule has 0 atom stereocenters. The second-order valence-corrected chi connectivity index (χ2v) is 4.32. The van der Waals surface area contributed by atoms with Crippen LogP contribution in [-0.2, 0) is 0 Å². The Bertz CT molecular complexity index is 692. The molecule has 1 aromatic carbocycles. The van der Waals surface area contributed by atoms with Crippen LogP contribution in [0.5, 0.6) is 0 Å². The summed E-state index contributed by atoms with van der Waals surface area (Å²) in [6.45, 7) is 2.82. The molecule has 0 spiro atoms. The number of anilines is 1. The lowest BCUT2D eigenvalue weighted by molar-refractivity contribution is 0.968. The summed E-state index contributed by atoms with van der Waals surface area (Å²) in [5.41, 5.74) is 2.74. The first-order chi connectivity index (χ1) is 9.78. The van der Waals surface area contributed by atoms with E-state index in [2.05, 4.69) is 29.4 Å². The fraction of sp³-hybridized carbons (Fsp3) is 0.188. The summed E-state index contributed by atoms with van der Waals surface area (Å²) >= 11 is 0. The Hall–Kier alpha value is -2.85. The molecule has 20 heavy (non-hydrogen) atoms. The lowest BCUT2D eigenvalue weighted by Crippen LogP contribution is -2.04. The van der Waals surface area contributed by atoms with Gasteiger partial charge < -0.3 is 5.32 Å². The Morgan fingerprint density at radius 2 is 2.00 bits per heavy atom. The third-order valence-corrected chi connectivity index (χ3v) is 2.85. The summed E-state index contributed by atoms with van der Waals surface area (Å²) in [6.07, 6.45) is 0.959. The van der Waals surface area contributed by atoms with Crippen molar-refractivity contribution in [2.75, 3.05) is 11.9 Å². The summed E-state index contributed by atoms with van der Waals surface area (Å²) in [7, 11) is 0. The van der Waals surface area contributed by atoms with E-state index in [9.17, 15) is 0 Å². The lowest BCUT2D eigenvalue weighted by atomic mass is 10.1. The van der Waals surface area contributed by atoms with Crippen LogP contribution in [0.25, 0.3) is 11.3 Å². The first kappa shape index (κ1) is 13.6. The molecule has 0 amide bonds. The summed E-state index contributed by atoms with van der Waals surface area (Å²) in [5, 5.41) is 21.2. The smallest absolute Gasteiger partial charge is 0.144 e. The normalized spacial score (nSPS) is 9.55. The van der Waals surface area contributed by atoms with Gasteiger partial charge in [0.15, 0.2) is 0 Å². The second kappa shape index (κ2) is 6.36. The van der Waals surface area contributed by atoms with Gasteiger partial charge in [-0.05, 0) is 30.7 Å². The minimum atomic E-state index is 0.527. The van der Waals surface area contributed by atoms with Gasteiger partial charge in [0.2, 0.25) is 0 Å². The molecule has 4 nitrogen and oxygen atoms in total. The topological polar surface area (TPSA) is 72.5 Å². The Balaban J connectivity index is 2.42. The molecule has 0 saturated heterocycles. The van der Waals surface area contributed by atoms with E-state index in [0.717, 1.165) is 24.2 Å².